The zero-order valence-corrected chi connectivity index (χ0v) is 92.7. The fourth-order valence-electron chi connectivity index (χ4n) is 12.4. The second-order valence-corrected chi connectivity index (χ2v) is 35.4. The molecule has 3 N–H and O–H groups in total. The summed E-state index contributed by atoms with van der Waals surface area (Å²) in [6, 6.07) is 37.2. The van der Waals surface area contributed by atoms with Crippen LogP contribution in [-0.4, -0.2) is 156 Å². The first kappa shape index (κ1) is 136. The number of ketones is 1. The molecule has 5 aromatic rings. The number of hydrogen-bond acceptors (Lipinski definition) is 21. The summed E-state index contributed by atoms with van der Waals surface area (Å²) < 4.78 is 105. The van der Waals surface area contributed by atoms with Gasteiger partial charge in [-0.3, -0.25) is 19.4 Å². The Labute approximate surface area is 851 Å². The maximum Gasteiger partial charge on any atom is 1.00 e. The van der Waals surface area contributed by atoms with Gasteiger partial charge in [-0.15, -0.1) is 0 Å². The number of aliphatic hydroxyl groups excluding tert-OH is 2. The summed E-state index contributed by atoms with van der Waals surface area (Å²) >= 11 is 0.867. The number of morpholine rings is 1. The van der Waals surface area contributed by atoms with E-state index < -0.39 is 47.5 Å². The molecular weight excluding hydrogens is 1710 g/mol. The molecule has 696 valence electrons. The third-order valence-corrected chi connectivity index (χ3v) is 23.0. The molecule has 9 rings (SSSR count). The number of fused-ring (bicyclic) bond motifs is 1. The van der Waals surface area contributed by atoms with E-state index in [-0.39, 0.29) is 158 Å². The van der Waals surface area contributed by atoms with E-state index in [9.17, 15) is 68.6 Å². The van der Waals surface area contributed by atoms with Crippen molar-refractivity contribution in [3.8, 4) is 0 Å². The van der Waals surface area contributed by atoms with Crippen LogP contribution in [0.1, 0.15) is 333 Å². The Hall–Kier alpha value is -1.85. The zero-order chi connectivity index (χ0) is 92.3. The number of ether oxygens (including phenoxy) is 1. The molecule has 5 atom stereocenters. The van der Waals surface area contributed by atoms with Crippen LogP contribution >= 0.6 is 12.0 Å². The quantitative estimate of drug-likeness (QED) is 0.00848. The first-order valence-corrected chi connectivity index (χ1v) is 50.4. The Morgan fingerprint density at radius 3 is 1.16 bits per heavy atom. The number of aryl methyl sites for hydroxylation is 2. The average molecular weight is 1870 g/mol. The van der Waals surface area contributed by atoms with E-state index in [0.717, 1.165) is 100.0 Å². The van der Waals surface area contributed by atoms with Crippen molar-refractivity contribution in [1.29, 1.82) is 0 Å². The molecule has 1 aliphatic carbocycles. The maximum atomic E-state index is 11.5. The van der Waals surface area contributed by atoms with E-state index in [0.29, 0.717) is 68.3 Å². The van der Waals surface area contributed by atoms with Crippen molar-refractivity contribution in [1.82, 2.24) is 14.7 Å². The van der Waals surface area contributed by atoms with Gasteiger partial charge in [-0.2, -0.15) is 4.33 Å². The van der Waals surface area contributed by atoms with Crippen molar-refractivity contribution in [2.75, 3.05) is 45.6 Å². The summed E-state index contributed by atoms with van der Waals surface area (Å²) in [5.74, 6) is 0.589. The molecule has 5 unspecified atom stereocenters. The van der Waals surface area contributed by atoms with Gasteiger partial charge in [0, 0.05) is 75.8 Å². The molecule has 0 spiro atoms. The van der Waals surface area contributed by atoms with Crippen LogP contribution in [0.5, 0.6) is 0 Å². The van der Waals surface area contributed by atoms with Crippen LogP contribution in [0.15, 0.2) is 143 Å². The number of aliphatic hydroxyl groups is 3. The summed E-state index contributed by atoms with van der Waals surface area (Å²) in [5, 5.41) is 42.9. The van der Waals surface area contributed by atoms with E-state index in [4.69, 9.17) is 9.99 Å². The Bertz CT molecular complexity index is 3740. The molecule has 125 heavy (non-hydrogen) atoms. The second kappa shape index (κ2) is 83.9. The van der Waals surface area contributed by atoms with Crippen molar-refractivity contribution in [3.05, 3.63) is 155 Å². The standard InChI is InChI=1S/C18H30O3S.C15H24O3S.C10H15NO4.C10H19NO2.C10H14O3S.C10H8.C8H15NO.C5H12.C4H10.2C2H6.CH4O3S.4Na/c1-2-3-4-5-6-7-8-9-10-11-12-17-13-15-18(16-14-17)22(19,20)21;1-2-3-4-5-6-7-8-14-9-11-15(12-10-14)13-19(16,17)18;1-10(14)6-7(8(12)9(10)13)11-2-4-15-5-3-11;1-3-9(7-8(2)12)11-6-4-5-10(11)13;1-3-8(2)9-4-6-10(7-5-9)14(11,12)13;1-2-6-10-8-4-3-7-9(10)5-1;1-3-7(2)9-6-4-5-8(9)10;1-4-5(2)3;1-3-4-2;2*1-2;1-5-4-3-2;;;;/h13-16H,2-12H2,1H3,(H,19,20,21);9-12H,2-8,13H2,1H3,(H,16,17,18);12,14H,2-6H2,1H3;8-9,12H,3-7H2,1-2H3;4-8H,3H2,1-2H3,(H,11,12,13);1-8H;7H,3-6H2,1-2H3;5H,4H2,1-3H3;3-4H2,1-2H3;2*1-2H3;2H,1H3;;;;/q;;;;;;;;;;;;4*+1/p-4. The van der Waals surface area contributed by atoms with E-state index >= 15 is 0 Å². The zero-order valence-electron chi connectivity index (χ0n) is 81.4. The van der Waals surface area contributed by atoms with E-state index in [2.05, 4.69) is 141 Å². The second-order valence-electron chi connectivity index (χ2n) is 30.8. The largest absolute Gasteiger partial charge is 1.00 e. The molecular formula is C95H159N3Na4O19S4. The predicted octanol–water partition coefficient (Wildman–Crippen LogP) is 9.43. The van der Waals surface area contributed by atoms with Crippen LogP contribution in [-0.2, 0) is 77.4 Å². The van der Waals surface area contributed by atoms with Crippen molar-refractivity contribution in [2.24, 2.45) is 5.92 Å². The van der Waals surface area contributed by atoms with Gasteiger partial charge >= 0.3 is 118 Å². The molecule has 3 heterocycles. The third-order valence-electron chi connectivity index (χ3n) is 20.4. The monoisotopic (exact) mass is 1870 g/mol. The van der Waals surface area contributed by atoms with Gasteiger partial charge in [-0.25, -0.2) is 25.3 Å². The molecule has 3 saturated heterocycles. The molecule has 0 radical (unpaired) electrons. The molecule has 30 heteroatoms. The number of likely N-dealkylation sites (tertiary alicyclic amines) is 2. The van der Waals surface area contributed by atoms with Gasteiger partial charge in [0.05, 0.1) is 50.7 Å². The topological polar surface area (TPSA) is 344 Å². The minimum absolute atomic E-state index is 0. The van der Waals surface area contributed by atoms with Crippen molar-refractivity contribution in [3.63, 3.8) is 0 Å². The van der Waals surface area contributed by atoms with Crippen LogP contribution in [0, 0.1) is 5.92 Å². The fourth-order valence-corrected chi connectivity index (χ4v) is 14.0. The van der Waals surface area contributed by atoms with Gasteiger partial charge < -0.3 is 53.7 Å². The first-order valence-electron chi connectivity index (χ1n) is 44.8. The van der Waals surface area contributed by atoms with Crippen molar-refractivity contribution in [2.45, 2.75) is 363 Å². The average Bonchev–Trinajstić information content (AvgIpc) is 1.64. The molecule has 4 aliphatic rings. The summed E-state index contributed by atoms with van der Waals surface area (Å²) in [6.07, 6.45) is 35.3. The number of unbranched alkanes of at least 4 members (excludes halogenated alkanes) is 15. The number of carbonyl (C=O) groups is 3. The molecule has 0 bridgehead atoms. The van der Waals surface area contributed by atoms with Gasteiger partial charge in [0.1, 0.15) is 25.8 Å². The van der Waals surface area contributed by atoms with E-state index in [1.165, 1.54) is 163 Å². The van der Waals surface area contributed by atoms with Crippen LogP contribution in [0.3, 0.4) is 0 Å². The third kappa shape index (κ3) is 67.9. The van der Waals surface area contributed by atoms with Crippen molar-refractivity contribution < 1.29 is 206 Å². The molecule has 2 amide bonds. The van der Waals surface area contributed by atoms with E-state index in [1.807, 2.05) is 54.5 Å². The number of nitrogens with zero attached hydrogens (tertiary/aromatic N) is 3. The van der Waals surface area contributed by atoms with Gasteiger partial charge in [-0.1, -0.05) is 310 Å². The molecule has 22 nitrogen and oxygen atoms in total. The molecule has 0 aromatic heterocycles. The Morgan fingerprint density at radius 2 is 0.872 bits per heavy atom. The van der Waals surface area contributed by atoms with Crippen LogP contribution in [0.4, 0.5) is 0 Å². The van der Waals surface area contributed by atoms with Crippen molar-refractivity contribution >= 4 is 70.8 Å². The SMILES string of the molecule is CC.CC.CC1(O)CC(N2CCOCC2)=C(O)C1=O.CCC(C)C.CCC(C)N1CCCC1=O.CCC(C)c1ccc(S(=O)(=O)[O-])cc1.CCC(CC(C)O)N1CCCC1=O.CCCC.CCCCCCCCCCCCc1ccc(S(=O)(=O)[O-])cc1.CCCCCCCCc1ccc(CS(=O)(=O)[O-])cc1.CSOO[O-].[Na+].[Na+].[Na+].[Na+].c1ccc2ccccc2c1. The molecule has 3 aliphatic heterocycles. The van der Waals surface area contributed by atoms with Crippen LogP contribution < -0.4 is 123 Å². The van der Waals surface area contributed by atoms with Gasteiger partial charge in [-0.05, 0) is 154 Å². The van der Waals surface area contributed by atoms with Crippen LogP contribution in [0.25, 0.3) is 10.8 Å². The van der Waals surface area contributed by atoms with Gasteiger partial charge in [0.25, 0.3) is 0 Å². The van der Waals surface area contributed by atoms with Gasteiger partial charge in [0.15, 0.2) is 5.76 Å². The number of carbonyl (C=O) groups excluding carboxylic acids is 3. The van der Waals surface area contributed by atoms with Gasteiger partial charge in [0.2, 0.25) is 17.6 Å². The maximum absolute atomic E-state index is 11.5. The number of hydrogen-bond donors (Lipinski definition) is 3. The Balaban J connectivity index is -0.000000253. The normalized spacial score (nSPS) is 15.2. The fraction of sp³-hybridized carbons (Fsp3) is 0.653. The summed E-state index contributed by atoms with van der Waals surface area (Å²) in [5.41, 5.74) is 3.04. The summed E-state index contributed by atoms with van der Waals surface area (Å²) in [4.78, 5) is 39.5. The predicted molar refractivity (Wildman–Crippen MR) is 492 cm³/mol. The minimum atomic E-state index is -4.31. The Kier molecular flexibility index (Phi) is 91.5. The smallest absolute Gasteiger partial charge is 0.748 e. The van der Waals surface area contributed by atoms with E-state index in [1.54, 1.807) is 49.6 Å². The summed E-state index contributed by atoms with van der Waals surface area (Å²) in [7, 11) is -12.8. The molecule has 0 saturated carbocycles. The first-order chi connectivity index (χ1) is 57.5. The summed E-state index contributed by atoms with van der Waals surface area (Å²) in [6.45, 7) is 41.4. The molecule has 5 aromatic carbocycles. The number of benzene rings is 5. The minimum Gasteiger partial charge on any atom is -0.748 e. The molecule has 3 fully saturated rings. The number of Topliss-reactive ketones (excluding diaryl/α,β-unsaturated/α-hetero) is 1. The number of rotatable bonds is 35. The van der Waals surface area contributed by atoms with Crippen LogP contribution in [0.2, 0.25) is 0 Å². The number of amides is 2. The Morgan fingerprint density at radius 1 is 0.504 bits per heavy atom.